The van der Waals surface area contributed by atoms with E-state index in [0.29, 0.717) is 11.4 Å². The number of hydrogen-bond acceptors (Lipinski definition) is 4. The summed E-state index contributed by atoms with van der Waals surface area (Å²) < 4.78 is 8.70. The van der Waals surface area contributed by atoms with E-state index in [9.17, 15) is 9.59 Å². The van der Waals surface area contributed by atoms with Crippen LogP contribution in [0.25, 0.3) is 16.5 Å². The summed E-state index contributed by atoms with van der Waals surface area (Å²) in [7, 11) is 1.59. The van der Waals surface area contributed by atoms with Crippen molar-refractivity contribution in [3.8, 4) is 11.4 Å². The Morgan fingerprint density at radius 1 is 1.00 bits per heavy atom. The van der Waals surface area contributed by atoms with Gasteiger partial charge in [0.15, 0.2) is 0 Å². The summed E-state index contributed by atoms with van der Waals surface area (Å²) in [5.74, 6) is 0.717. The molecule has 0 unspecified atom stereocenters. The third-order valence-electron chi connectivity index (χ3n) is 4.56. The predicted molar refractivity (Wildman–Crippen MR) is 111 cm³/mol. The van der Waals surface area contributed by atoms with Gasteiger partial charge in [-0.25, -0.2) is 4.79 Å². The van der Waals surface area contributed by atoms with Gasteiger partial charge in [-0.1, -0.05) is 40.2 Å². The highest BCUT2D eigenvalue weighted by Gasteiger charge is 2.11. The van der Waals surface area contributed by atoms with Crippen LogP contribution in [0.4, 0.5) is 0 Å². The number of benzene rings is 2. The minimum Gasteiger partial charge on any atom is -0.497 e. The summed E-state index contributed by atoms with van der Waals surface area (Å²) in [5, 5.41) is 1.75. The predicted octanol–water partition coefficient (Wildman–Crippen LogP) is 3.37. The SMILES string of the molecule is COc1ccc(Cn2c(=O)ccn(-c3cncc4c(Br)cccc34)c2=O)cc1. The molecule has 0 bridgehead atoms. The molecule has 0 saturated heterocycles. The van der Waals surface area contributed by atoms with E-state index >= 15 is 0 Å². The molecule has 140 valence electrons. The Labute approximate surface area is 168 Å². The first-order valence-corrected chi connectivity index (χ1v) is 9.36. The highest BCUT2D eigenvalue weighted by atomic mass is 79.9. The van der Waals surface area contributed by atoms with Gasteiger partial charge < -0.3 is 4.74 Å². The summed E-state index contributed by atoms with van der Waals surface area (Å²) in [5.41, 5.74) is 0.674. The fourth-order valence-electron chi connectivity index (χ4n) is 3.09. The number of nitrogens with zero attached hydrogens (tertiary/aromatic N) is 3. The van der Waals surface area contributed by atoms with E-state index in [1.165, 1.54) is 21.4 Å². The molecule has 28 heavy (non-hydrogen) atoms. The number of halogens is 1. The maximum atomic E-state index is 13.1. The van der Waals surface area contributed by atoms with Gasteiger partial charge in [0, 0.05) is 33.7 Å². The molecule has 2 aromatic carbocycles. The van der Waals surface area contributed by atoms with Crippen LogP contribution in [0.5, 0.6) is 5.75 Å². The van der Waals surface area contributed by atoms with Crippen LogP contribution in [0, 0.1) is 0 Å². The summed E-state index contributed by atoms with van der Waals surface area (Å²) in [6.45, 7) is 0.171. The molecule has 4 aromatic rings. The molecule has 6 nitrogen and oxygen atoms in total. The number of fused-ring (bicyclic) bond motifs is 1. The Kier molecular flexibility index (Phi) is 4.83. The normalized spacial score (nSPS) is 10.9. The van der Waals surface area contributed by atoms with Crippen LogP contribution in [0.15, 0.2) is 81.2 Å². The van der Waals surface area contributed by atoms with Gasteiger partial charge in [-0.05, 0) is 23.8 Å². The van der Waals surface area contributed by atoms with Gasteiger partial charge in [0.05, 0.1) is 25.5 Å². The van der Waals surface area contributed by atoms with E-state index in [0.717, 1.165) is 20.8 Å². The van der Waals surface area contributed by atoms with Crippen LogP contribution in [-0.2, 0) is 6.54 Å². The molecule has 0 fully saturated rings. The Balaban J connectivity index is 1.85. The first-order valence-electron chi connectivity index (χ1n) is 8.56. The Bertz CT molecular complexity index is 1280. The van der Waals surface area contributed by atoms with E-state index in [1.54, 1.807) is 31.6 Å². The van der Waals surface area contributed by atoms with Crippen LogP contribution in [0.3, 0.4) is 0 Å². The molecular weight excluding hydrogens is 422 g/mol. The van der Waals surface area contributed by atoms with Crippen molar-refractivity contribution in [2.75, 3.05) is 7.11 Å². The van der Waals surface area contributed by atoms with Gasteiger partial charge in [-0.3, -0.25) is 18.9 Å². The molecule has 4 rings (SSSR count). The van der Waals surface area contributed by atoms with Crippen molar-refractivity contribution in [2.24, 2.45) is 0 Å². The fraction of sp³-hybridized carbons (Fsp3) is 0.0952. The van der Waals surface area contributed by atoms with E-state index in [2.05, 4.69) is 20.9 Å². The largest absolute Gasteiger partial charge is 0.497 e. The van der Waals surface area contributed by atoms with Crippen LogP contribution in [0.2, 0.25) is 0 Å². The first kappa shape index (κ1) is 18.2. The number of rotatable bonds is 4. The molecule has 2 heterocycles. The van der Waals surface area contributed by atoms with Crippen LogP contribution < -0.4 is 16.0 Å². The highest BCUT2D eigenvalue weighted by Crippen LogP contribution is 2.26. The number of pyridine rings is 1. The standard InChI is InChI=1S/C21H16BrN3O3/c1-28-15-7-5-14(6-8-15)13-25-20(26)9-10-24(21(25)27)19-12-23-11-17-16(19)3-2-4-18(17)22/h2-12H,13H2,1H3. The Hall–Kier alpha value is -3.19. The molecule has 0 saturated carbocycles. The van der Waals surface area contributed by atoms with Crippen molar-refractivity contribution in [3.05, 3.63) is 98.0 Å². The zero-order chi connectivity index (χ0) is 19.7. The van der Waals surface area contributed by atoms with Crippen LogP contribution in [-0.4, -0.2) is 21.2 Å². The molecule has 0 radical (unpaired) electrons. The summed E-state index contributed by atoms with van der Waals surface area (Å²) in [6, 6.07) is 14.4. The van der Waals surface area contributed by atoms with E-state index in [1.807, 2.05) is 30.3 Å². The molecular formula is C21H16BrN3O3. The molecule has 0 spiro atoms. The van der Waals surface area contributed by atoms with Gasteiger partial charge >= 0.3 is 5.69 Å². The van der Waals surface area contributed by atoms with E-state index in [4.69, 9.17) is 4.74 Å². The number of hydrogen-bond donors (Lipinski definition) is 0. The van der Waals surface area contributed by atoms with Crippen molar-refractivity contribution in [2.45, 2.75) is 6.54 Å². The second-order valence-corrected chi connectivity index (χ2v) is 7.09. The van der Waals surface area contributed by atoms with Gasteiger partial charge in [-0.2, -0.15) is 0 Å². The van der Waals surface area contributed by atoms with Crippen molar-refractivity contribution < 1.29 is 4.74 Å². The minimum absolute atomic E-state index is 0.171. The van der Waals surface area contributed by atoms with Crippen molar-refractivity contribution in [1.82, 2.24) is 14.1 Å². The lowest BCUT2D eigenvalue weighted by Gasteiger charge is -2.12. The lowest BCUT2D eigenvalue weighted by molar-refractivity contribution is 0.414. The Morgan fingerprint density at radius 3 is 2.54 bits per heavy atom. The lowest BCUT2D eigenvalue weighted by Crippen LogP contribution is -2.38. The minimum atomic E-state index is -0.419. The van der Waals surface area contributed by atoms with Gasteiger partial charge in [0.1, 0.15) is 5.75 Å². The topological polar surface area (TPSA) is 66.1 Å². The maximum Gasteiger partial charge on any atom is 0.335 e. The zero-order valence-electron chi connectivity index (χ0n) is 15.0. The lowest BCUT2D eigenvalue weighted by atomic mass is 10.1. The molecule has 0 atom stereocenters. The van der Waals surface area contributed by atoms with E-state index < -0.39 is 5.69 Å². The van der Waals surface area contributed by atoms with Gasteiger partial charge in [-0.15, -0.1) is 0 Å². The summed E-state index contributed by atoms with van der Waals surface area (Å²) >= 11 is 3.51. The average molecular weight is 438 g/mol. The van der Waals surface area contributed by atoms with Crippen molar-refractivity contribution in [1.29, 1.82) is 0 Å². The zero-order valence-corrected chi connectivity index (χ0v) is 16.6. The van der Waals surface area contributed by atoms with Crippen LogP contribution in [0.1, 0.15) is 5.56 Å². The van der Waals surface area contributed by atoms with Crippen molar-refractivity contribution >= 4 is 26.7 Å². The quantitative estimate of drug-likeness (QED) is 0.490. The fourth-order valence-corrected chi connectivity index (χ4v) is 3.56. The molecule has 2 aromatic heterocycles. The molecule has 0 N–H and O–H groups in total. The number of ether oxygens (including phenoxy) is 1. The molecule has 0 aliphatic heterocycles. The highest BCUT2D eigenvalue weighted by molar-refractivity contribution is 9.10. The molecule has 7 heteroatoms. The van der Waals surface area contributed by atoms with Crippen molar-refractivity contribution in [3.63, 3.8) is 0 Å². The second kappa shape index (κ2) is 7.44. The molecule has 0 aliphatic rings. The third-order valence-corrected chi connectivity index (χ3v) is 5.25. The first-order chi connectivity index (χ1) is 13.6. The van der Waals surface area contributed by atoms with Gasteiger partial charge in [0.25, 0.3) is 5.56 Å². The summed E-state index contributed by atoms with van der Waals surface area (Å²) in [6.07, 6.45) is 4.85. The molecule has 0 amide bonds. The Morgan fingerprint density at radius 2 is 1.79 bits per heavy atom. The second-order valence-electron chi connectivity index (χ2n) is 6.23. The number of methoxy groups -OCH3 is 1. The number of aromatic nitrogens is 3. The smallest absolute Gasteiger partial charge is 0.335 e. The van der Waals surface area contributed by atoms with Gasteiger partial charge in [0.2, 0.25) is 0 Å². The van der Waals surface area contributed by atoms with Crippen LogP contribution >= 0.6 is 15.9 Å². The summed E-state index contributed by atoms with van der Waals surface area (Å²) in [4.78, 5) is 29.7. The third kappa shape index (κ3) is 3.25. The average Bonchev–Trinajstić information content (AvgIpc) is 2.72. The van der Waals surface area contributed by atoms with E-state index in [-0.39, 0.29) is 12.1 Å². The maximum absolute atomic E-state index is 13.1. The molecule has 0 aliphatic carbocycles. The monoisotopic (exact) mass is 437 g/mol.